The summed E-state index contributed by atoms with van der Waals surface area (Å²) in [4.78, 5) is 0. The highest BCUT2D eigenvalue weighted by Gasteiger charge is 2.19. The lowest BCUT2D eigenvalue weighted by Crippen LogP contribution is -2.39. The van der Waals surface area contributed by atoms with Gasteiger partial charge in [-0.2, -0.15) is 0 Å². The molecule has 2 heterocycles. The van der Waals surface area contributed by atoms with E-state index >= 15 is 0 Å². The summed E-state index contributed by atoms with van der Waals surface area (Å²) in [5, 5.41) is 16.6. The van der Waals surface area contributed by atoms with Crippen molar-refractivity contribution in [1.29, 1.82) is 0 Å². The van der Waals surface area contributed by atoms with Gasteiger partial charge < -0.3 is 33.3 Å². The highest BCUT2D eigenvalue weighted by atomic mass is 19.1. The Bertz CT molecular complexity index is 2510. The van der Waals surface area contributed by atoms with Crippen LogP contribution in [0.25, 0.3) is 69.2 Å². The lowest BCUT2D eigenvalue weighted by atomic mass is 10.0. The quantitative estimate of drug-likeness (QED) is 0.0697. The van der Waals surface area contributed by atoms with Gasteiger partial charge in [0.25, 0.3) is 0 Å². The van der Waals surface area contributed by atoms with E-state index in [2.05, 4.69) is 72.8 Å². The summed E-state index contributed by atoms with van der Waals surface area (Å²) in [6.07, 6.45) is 8.04. The Hall–Kier alpha value is -7.79. The Morgan fingerprint density at radius 3 is 1.01 bits per heavy atom. The molecule has 2 aromatic heterocycles. The van der Waals surface area contributed by atoms with Crippen molar-refractivity contribution in [2.24, 2.45) is 0 Å². The van der Waals surface area contributed by atoms with Gasteiger partial charge in [0.05, 0.1) is 61.8 Å². The zero-order chi connectivity index (χ0) is 47.9. The molecule has 0 bridgehead atoms. The van der Waals surface area contributed by atoms with E-state index in [0.717, 1.165) is 90.5 Å². The van der Waals surface area contributed by atoms with Crippen molar-refractivity contribution in [3.8, 4) is 67.9 Å². The molecule has 0 saturated heterocycles. The van der Waals surface area contributed by atoms with Crippen molar-refractivity contribution in [3.63, 3.8) is 0 Å². The van der Waals surface area contributed by atoms with Crippen LogP contribution in [0.3, 0.4) is 0 Å². The number of hydrogen-bond acceptors (Lipinski definition) is 6. The van der Waals surface area contributed by atoms with E-state index in [1.807, 2.05) is 161 Å². The predicted molar refractivity (Wildman–Crippen MR) is 270 cm³/mol. The van der Waals surface area contributed by atoms with Crippen LogP contribution >= 0.6 is 0 Å². The van der Waals surface area contributed by atoms with Crippen molar-refractivity contribution in [2.75, 3.05) is 26.4 Å². The fourth-order valence-corrected chi connectivity index (χ4v) is 6.99. The van der Waals surface area contributed by atoms with Gasteiger partial charge >= 0.3 is 23.0 Å². The predicted octanol–water partition coefficient (Wildman–Crippen LogP) is 13.4. The van der Waals surface area contributed by atoms with Crippen LogP contribution in [-0.4, -0.2) is 33.8 Å². The van der Waals surface area contributed by atoms with E-state index in [1.54, 1.807) is 0 Å². The standard InChI is InChI=1S/2C29H27O3.BFO2/c2*1-3-30-27-18-16-22(19-29(27)31-4-2)15-17-26-20-25(23-11-7-5-8-12-23)21-28(32-26)24-13-9-6-10-14-24;2-1(3)4/h2*5-21H,3-4H2,1-2H3;/q2*+1;-2. The first kappa shape index (κ1) is 49.6. The second-order valence-corrected chi connectivity index (χ2v) is 14.8. The van der Waals surface area contributed by atoms with E-state index in [4.69, 9.17) is 37.8 Å². The smallest absolute Gasteiger partial charge is 0.361 e. The second-order valence-electron chi connectivity index (χ2n) is 14.8. The third-order valence-corrected chi connectivity index (χ3v) is 9.97. The zero-order valence-corrected chi connectivity index (χ0v) is 38.7. The molecule has 0 aliphatic carbocycles. The molecule has 0 atom stereocenters. The average Bonchev–Trinajstić information content (AvgIpc) is 3.37. The van der Waals surface area contributed by atoms with Gasteiger partial charge in [0.1, 0.15) is 7.40 Å². The molecule has 0 radical (unpaired) electrons. The molecule has 0 aliphatic rings. The molecular weight excluding hydrogens is 854 g/mol. The van der Waals surface area contributed by atoms with Crippen LogP contribution in [-0.2, 0) is 0 Å². The molecular formula is C58H54BFO8. The normalized spacial score (nSPS) is 10.7. The highest BCUT2D eigenvalue weighted by Crippen LogP contribution is 2.34. The zero-order valence-electron chi connectivity index (χ0n) is 38.7. The highest BCUT2D eigenvalue weighted by molar-refractivity contribution is 6.27. The average molecular weight is 909 g/mol. The monoisotopic (exact) mass is 908 g/mol. The van der Waals surface area contributed by atoms with Crippen LogP contribution in [0.1, 0.15) is 50.3 Å². The van der Waals surface area contributed by atoms with Crippen LogP contribution in [0.5, 0.6) is 23.0 Å². The summed E-state index contributed by atoms with van der Waals surface area (Å²) in [5.74, 6) is 6.21. The molecule has 8 aromatic rings. The van der Waals surface area contributed by atoms with Crippen LogP contribution < -0.4 is 29.0 Å². The minimum Gasteiger partial charge on any atom is -0.867 e. The first-order valence-electron chi connectivity index (χ1n) is 22.6. The Morgan fingerprint density at radius 2 is 0.691 bits per heavy atom. The number of halogens is 1. The summed E-state index contributed by atoms with van der Waals surface area (Å²) >= 11 is 0. The van der Waals surface area contributed by atoms with Gasteiger partial charge in [-0.05, 0) is 111 Å². The molecule has 8 rings (SSSR count). The molecule has 8 nitrogen and oxygen atoms in total. The maximum absolute atomic E-state index is 9.89. The molecule has 6 aromatic carbocycles. The fraction of sp³-hybridized carbons (Fsp3) is 0.138. The van der Waals surface area contributed by atoms with E-state index < -0.39 is 7.40 Å². The Labute approximate surface area is 399 Å². The van der Waals surface area contributed by atoms with Crippen molar-refractivity contribution in [2.45, 2.75) is 27.7 Å². The fourth-order valence-electron chi connectivity index (χ4n) is 6.99. The summed E-state index contributed by atoms with van der Waals surface area (Å²) in [6, 6.07) is 61.2. The van der Waals surface area contributed by atoms with E-state index in [9.17, 15) is 4.32 Å². The van der Waals surface area contributed by atoms with Crippen LogP contribution in [0, 0.1) is 0 Å². The molecule has 0 amide bonds. The maximum Gasteiger partial charge on any atom is 0.361 e. The molecule has 68 heavy (non-hydrogen) atoms. The number of ether oxygens (including phenoxy) is 4. The SMILES string of the molecule is CCOc1ccc(C=Cc2cc(-c3ccccc3)cc(-c3ccccc3)[o+]2)cc1OCC.CCOc1ccc(C=Cc2cc(-c3ccccc3)cc(-c3ccccc3)[o+]2)cc1OCC.[O-]B([O-])F. The minimum absolute atomic E-state index is 0.585. The van der Waals surface area contributed by atoms with Gasteiger partial charge in [0, 0.05) is 23.3 Å². The van der Waals surface area contributed by atoms with Crippen molar-refractivity contribution in [3.05, 3.63) is 205 Å². The van der Waals surface area contributed by atoms with Crippen LogP contribution in [0.2, 0.25) is 0 Å². The van der Waals surface area contributed by atoms with Crippen molar-refractivity contribution in [1.82, 2.24) is 0 Å². The third kappa shape index (κ3) is 15.1. The number of hydrogen-bond donors (Lipinski definition) is 0. The lowest BCUT2D eigenvalue weighted by molar-refractivity contribution is -0.366. The Kier molecular flexibility index (Phi) is 19.3. The summed E-state index contributed by atoms with van der Waals surface area (Å²) in [6.45, 7) is 10.2. The van der Waals surface area contributed by atoms with Crippen molar-refractivity contribution >= 4 is 31.7 Å². The Morgan fingerprint density at radius 1 is 0.382 bits per heavy atom. The van der Waals surface area contributed by atoms with Gasteiger partial charge in [-0.1, -0.05) is 109 Å². The second kappa shape index (κ2) is 26.4. The molecule has 0 spiro atoms. The largest absolute Gasteiger partial charge is 0.867 e. The molecule has 0 saturated carbocycles. The maximum atomic E-state index is 9.89. The number of rotatable bonds is 16. The van der Waals surface area contributed by atoms with E-state index in [1.165, 1.54) is 0 Å². The summed E-state index contributed by atoms with van der Waals surface area (Å²) in [7, 11) is -3.17. The minimum atomic E-state index is -3.17. The van der Waals surface area contributed by atoms with Crippen LogP contribution in [0.4, 0.5) is 4.32 Å². The van der Waals surface area contributed by atoms with E-state index in [-0.39, 0.29) is 0 Å². The van der Waals surface area contributed by atoms with Gasteiger partial charge in [-0.3, -0.25) is 0 Å². The number of benzene rings is 6. The lowest BCUT2D eigenvalue weighted by Gasteiger charge is -2.11. The molecule has 344 valence electrons. The van der Waals surface area contributed by atoms with Crippen LogP contribution in [0.15, 0.2) is 191 Å². The van der Waals surface area contributed by atoms with Gasteiger partial charge in [0.2, 0.25) is 0 Å². The molecule has 0 N–H and O–H groups in total. The first-order valence-corrected chi connectivity index (χ1v) is 22.6. The first-order chi connectivity index (χ1) is 33.3. The molecule has 0 aliphatic heterocycles. The van der Waals surface area contributed by atoms with Gasteiger partial charge in [0.15, 0.2) is 23.0 Å². The third-order valence-electron chi connectivity index (χ3n) is 9.97. The summed E-state index contributed by atoms with van der Waals surface area (Å²) < 4.78 is 45.2. The topological polar surface area (TPSA) is 106 Å². The van der Waals surface area contributed by atoms with Gasteiger partial charge in [-0.15, -0.1) is 0 Å². The molecule has 0 unspecified atom stereocenters. The van der Waals surface area contributed by atoms with E-state index in [0.29, 0.717) is 26.4 Å². The van der Waals surface area contributed by atoms with Crippen molar-refractivity contribution < 1.29 is 42.1 Å². The van der Waals surface area contributed by atoms with Gasteiger partial charge in [-0.25, -0.2) is 8.83 Å². The molecule has 0 fully saturated rings. The summed E-state index contributed by atoms with van der Waals surface area (Å²) in [5.41, 5.74) is 8.62. The Balaban J connectivity index is 0.000000208. The molecule has 10 heteroatoms.